The first-order valence-electron chi connectivity index (χ1n) is 5.42. The van der Waals surface area contributed by atoms with Gasteiger partial charge in [-0.05, 0) is 12.1 Å². The molecule has 2 heterocycles. The average molecular weight is 279 g/mol. The van der Waals surface area contributed by atoms with Gasteiger partial charge in [0.25, 0.3) is 0 Å². The Morgan fingerprint density at radius 1 is 1.42 bits per heavy atom. The molecule has 1 aliphatic heterocycles. The molecule has 0 spiro atoms. The van der Waals surface area contributed by atoms with E-state index >= 15 is 0 Å². The van der Waals surface area contributed by atoms with Gasteiger partial charge in [0.1, 0.15) is 12.4 Å². The minimum Gasteiger partial charge on any atom is -0.487 e. The summed E-state index contributed by atoms with van der Waals surface area (Å²) in [7, 11) is 0. The lowest BCUT2D eigenvalue weighted by Crippen LogP contribution is -1.99. The van der Waals surface area contributed by atoms with Crippen LogP contribution in [0.3, 0.4) is 0 Å². The van der Waals surface area contributed by atoms with Gasteiger partial charge in [0.2, 0.25) is 11.8 Å². The molecule has 0 amide bonds. The molecule has 7 heteroatoms. The standard InChI is InChI=1S/C12H9NO5S/c14-12(15)11-13-7(5-19-11)4-16-8-1-2-9-10(3-8)18-6-17-9/h1-3,5H,4,6H2,(H,14,15). The number of thiazole rings is 1. The first-order chi connectivity index (χ1) is 9.22. The van der Waals surface area contributed by atoms with E-state index in [1.807, 2.05) is 0 Å². The molecular weight excluding hydrogens is 270 g/mol. The Morgan fingerprint density at radius 2 is 2.26 bits per heavy atom. The van der Waals surface area contributed by atoms with E-state index < -0.39 is 5.97 Å². The van der Waals surface area contributed by atoms with Crippen LogP contribution in [0.15, 0.2) is 23.6 Å². The zero-order valence-corrected chi connectivity index (χ0v) is 10.5. The van der Waals surface area contributed by atoms with Crippen molar-refractivity contribution in [3.8, 4) is 17.2 Å². The highest BCUT2D eigenvalue weighted by atomic mass is 32.1. The number of hydrogen-bond acceptors (Lipinski definition) is 6. The molecule has 0 radical (unpaired) electrons. The predicted octanol–water partition coefficient (Wildman–Crippen LogP) is 2.15. The third-order valence-electron chi connectivity index (χ3n) is 2.47. The minimum atomic E-state index is -1.03. The molecule has 1 aromatic carbocycles. The maximum atomic E-state index is 10.7. The maximum absolute atomic E-state index is 10.7. The van der Waals surface area contributed by atoms with Crippen LogP contribution in [-0.2, 0) is 6.61 Å². The van der Waals surface area contributed by atoms with Crippen molar-refractivity contribution >= 4 is 17.3 Å². The molecule has 0 saturated carbocycles. The molecule has 6 nitrogen and oxygen atoms in total. The zero-order valence-electron chi connectivity index (χ0n) is 9.66. The van der Waals surface area contributed by atoms with E-state index in [0.29, 0.717) is 22.9 Å². The van der Waals surface area contributed by atoms with Crippen LogP contribution in [0.2, 0.25) is 0 Å². The second-order valence-electron chi connectivity index (χ2n) is 3.75. The van der Waals surface area contributed by atoms with Gasteiger partial charge in [-0.1, -0.05) is 0 Å². The Hall–Kier alpha value is -2.28. The van der Waals surface area contributed by atoms with E-state index in [-0.39, 0.29) is 18.4 Å². The highest BCUT2D eigenvalue weighted by molar-refractivity contribution is 7.11. The summed E-state index contributed by atoms with van der Waals surface area (Å²) in [4.78, 5) is 14.6. The quantitative estimate of drug-likeness (QED) is 0.924. The number of aromatic nitrogens is 1. The predicted molar refractivity (Wildman–Crippen MR) is 66.0 cm³/mol. The molecule has 0 aliphatic carbocycles. The number of hydrogen-bond donors (Lipinski definition) is 1. The van der Waals surface area contributed by atoms with Crippen LogP contribution in [0.4, 0.5) is 0 Å². The zero-order chi connectivity index (χ0) is 13.2. The molecule has 2 aromatic rings. The summed E-state index contributed by atoms with van der Waals surface area (Å²) in [5, 5.41) is 10.5. The number of nitrogens with zero attached hydrogens (tertiary/aromatic N) is 1. The molecule has 0 atom stereocenters. The van der Waals surface area contributed by atoms with Crippen molar-refractivity contribution in [1.82, 2.24) is 4.98 Å². The van der Waals surface area contributed by atoms with E-state index in [1.165, 1.54) is 0 Å². The first kappa shape index (κ1) is 11.8. The molecule has 1 aliphatic rings. The van der Waals surface area contributed by atoms with Gasteiger partial charge >= 0.3 is 5.97 Å². The molecule has 98 valence electrons. The Morgan fingerprint density at radius 3 is 3.05 bits per heavy atom. The van der Waals surface area contributed by atoms with Crippen LogP contribution in [0, 0.1) is 0 Å². The molecule has 19 heavy (non-hydrogen) atoms. The van der Waals surface area contributed by atoms with Gasteiger partial charge in [0, 0.05) is 11.4 Å². The molecular formula is C12H9NO5S. The van der Waals surface area contributed by atoms with Gasteiger partial charge in [-0.3, -0.25) is 0 Å². The van der Waals surface area contributed by atoms with Crippen molar-refractivity contribution in [2.45, 2.75) is 6.61 Å². The first-order valence-corrected chi connectivity index (χ1v) is 6.30. The van der Waals surface area contributed by atoms with Crippen LogP contribution in [-0.4, -0.2) is 22.9 Å². The number of carboxylic acids is 1. The number of carboxylic acid groups (broad SMARTS) is 1. The van der Waals surface area contributed by atoms with Crippen molar-refractivity contribution in [3.63, 3.8) is 0 Å². The highest BCUT2D eigenvalue weighted by Gasteiger charge is 2.14. The molecule has 0 saturated heterocycles. The second-order valence-corrected chi connectivity index (χ2v) is 4.61. The monoisotopic (exact) mass is 279 g/mol. The average Bonchev–Trinajstić information content (AvgIpc) is 3.04. The number of fused-ring (bicyclic) bond motifs is 1. The van der Waals surface area contributed by atoms with Crippen LogP contribution in [0.25, 0.3) is 0 Å². The Bertz CT molecular complexity index is 624. The van der Waals surface area contributed by atoms with Crippen molar-refractivity contribution in [2.24, 2.45) is 0 Å². The fourth-order valence-electron chi connectivity index (χ4n) is 1.60. The van der Waals surface area contributed by atoms with Crippen LogP contribution < -0.4 is 14.2 Å². The molecule has 0 unspecified atom stereocenters. The summed E-state index contributed by atoms with van der Waals surface area (Å²) >= 11 is 1.08. The summed E-state index contributed by atoms with van der Waals surface area (Å²) in [6.45, 7) is 0.427. The van der Waals surface area contributed by atoms with E-state index in [1.54, 1.807) is 23.6 Å². The SMILES string of the molecule is O=C(O)c1nc(COc2ccc3c(c2)OCO3)cs1. The lowest BCUT2D eigenvalue weighted by atomic mass is 10.3. The maximum Gasteiger partial charge on any atom is 0.365 e. The summed E-state index contributed by atoms with van der Waals surface area (Å²) < 4.78 is 16.0. The smallest absolute Gasteiger partial charge is 0.365 e. The fourth-order valence-corrected chi connectivity index (χ4v) is 2.23. The number of aromatic carboxylic acids is 1. The van der Waals surface area contributed by atoms with Crippen molar-refractivity contribution in [2.75, 3.05) is 6.79 Å². The summed E-state index contributed by atoms with van der Waals surface area (Å²) in [6, 6.07) is 5.26. The van der Waals surface area contributed by atoms with Gasteiger partial charge < -0.3 is 19.3 Å². The van der Waals surface area contributed by atoms with Crippen LogP contribution in [0.1, 0.15) is 15.5 Å². The topological polar surface area (TPSA) is 77.9 Å². The normalized spacial score (nSPS) is 12.4. The Kier molecular flexibility index (Phi) is 2.96. The third-order valence-corrected chi connectivity index (χ3v) is 3.34. The lowest BCUT2D eigenvalue weighted by molar-refractivity contribution is 0.0696. The number of carbonyl (C=O) groups is 1. The largest absolute Gasteiger partial charge is 0.487 e. The van der Waals surface area contributed by atoms with Crippen molar-refractivity contribution < 1.29 is 24.1 Å². The van der Waals surface area contributed by atoms with Gasteiger partial charge in [0.05, 0.1) is 5.69 Å². The lowest BCUT2D eigenvalue weighted by Gasteiger charge is -2.04. The van der Waals surface area contributed by atoms with E-state index in [0.717, 1.165) is 11.3 Å². The molecule has 0 bridgehead atoms. The van der Waals surface area contributed by atoms with Gasteiger partial charge in [-0.25, -0.2) is 9.78 Å². The second kappa shape index (κ2) is 4.77. The van der Waals surface area contributed by atoms with Crippen molar-refractivity contribution in [1.29, 1.82) is 0 Å². The third kappa shape index (κ3) is 2.45. The van der Waals surface area contributed by atoms with E-state index in [4.69, 9.17) is 19.3 Å². The molecule has 3 rings (SSSR count). The highest BCUT2D eigenvalue weighted by Crippen LogP contribution is 2.35. The molecule has 1 aromatic heterocycles. The van der Waals surface area contributed by atoms with E-state index in [2.05, 4.69) is 4.98 Å². The Balaban J connectivity index is 1.67. The molecule has 1 N–H and O–H groups in total. The van der Waals surface area contributed by atoms with Gasteiger partial charge in [0.15, 0.2) is 11.5 Å². The summed E-state index contributed by atoms with van der Waals surface area (Å²) in [5.74, 6) is 0.921. The number of rotatable bonds is 4. The minimum absolute atomic E-state index is 0.0595. The Labute approximate surface area is 112 Å². The van der Waals surface area contributed by atoms with Crippen molar-refractivity contribution in [3.05, 3.63) is 34.3 Å². The fraction of sp³-hybridized carbons (Fsp3) is 0.167. The van der Waals surface area contributed by atoms with Gasteiger partial charge in [-0.2, -0.15) is 0 Å². The van der Waals surface area contributed by atoms with Crippen LogP contribution >= 0.6 is 11.3 Å². The van der Waals surface area contributed by atoms with E-state index in [9.17, 15) is 4.79 Å². The number of benzene rings is 1. The molecule has 0 fully saturated rings. The summed E-state index contributed by atoms with van der Waals surface area (Å²) in [5.41, 5.74) is 0.583. The summed E-state index contributed by atoms with van der Waals surface area (Å²) in [6.07, 6.45) is 0. The van der Waals surface area contributed by atoms with Gasteiger partial charge in [-0.15, -0.1) is 11.3 Å². The number of ether oxygens (including phenoxy) is 3. The van der Waals surface area contributed by atoms with Crippen LogP contribution in [0.5, 0.6) is 17.2 Å².